The molecule has 0 aliphatic heterocycles. The topological polar surface area (TPSA) is 38.1 Å². The van der Waals surface area contributed by atoms with Crippen molar-refractivity contribution in [1.29, 1.82) is 0 Å². The Morgan fingerprint density at radius 1 is 1.54 bits per heavy atom. The Kier molecular flexibility index (Phi) is 3.96. The van der Waals surface area contributed by atoms with Crippen LogP contribution in [0.4, 0.5) is 0 Å². The molecule has 0 saturated heterocycles. The van der Waals surface area contributed by atoms with Gasteiger partial charge in [-0.25, -0.2) is 4.98 Å². The minimum Gasteiger partial charge on any atom is -0.444 e. The molecule has 1 aromatic rings. The van der Waals surface area contributed by atoms with Gasteiger partial charge in [-0.3, -0.25) is 0 Å². The first kappa shape index (κ1) is 10.3. The van der Waals surface area contributed by atoms with Gasteiger partial charge in [0.2, 0.25) is 5.89 Å². The molecule has 3 nitrogen and oxygen atoms in total. The maximum atomic E-state index is 5.52. The molecule has 0 aliphatic rings. The third-order valence-corrected chi connectivity index (χ3v) is 1.99. The van der Waals surface area contributed by atoms with E-state index < -0.39 is 0 Å². The maximum Gasteiger partial charge on any atom is 0.211 e. The summed E-state index contributed by atoms with van der Waals surface area (Å²) < 4.78 is 5.52. The fraction of sp³-hybridized carbons (Fsp3) is 0.700. The lowest BCUT2D eigenvalue weighted by Gasteiger charge is -2.08. The van der Waals surface area contributed by atoms with Crippen LogP contribution in [0.25, 0.3) is 0 Å². The summed E-state index contributed by atoms with van der Waals surface area (Å²) in [6, 6.07) is 0.222. The van der Waals surface area contributed by atoms with E-state index in [2.05, 4.69) is 31.1 Å². The van der Waals surface area contributed by atoms with E-state index in [1.165, 1.54) is 0 Å². The molecule has 3 heteroatoms. The Labute approximate surface area is 79.5 Å². The maximum absolute atomic E-state index is 5.52. The molecule has 74 valence electrons. The molecule has 1 rings (SSSR count). The van der Waals surface area contributed by atoms with Crippen molar-refractivity contribution in [2.24, 2.45) is 0 Å². The van der Waals surface area contributed by atoms with Crippen molar-refractivity contribution in [2.45, 2.75) is 39.7 Å². The summed E-state index contributed by atoms with van der Waals surface area (Å²) in [7, 11) is 0. The van der Waals surface area contributed by atoms with Crippen LogP contribution in [0.3, 0.4) is 0 Å². The number of aryl methyl sites for hydroxylation is 1. The van der Waals surface area contributed by atoms with E-state index in [1.807, 2.05) is 0 Å². The second kappa shape index (κ2) is 5.02. The van der Waals surface area contributed by atoms with Crippen molar-refractivity contribution in [1.82, 2.24) is 10.3 Å². The third kappa shape index (κ3) is 2.84. The lowest BCUT2D eigenvalue weighted by atomic mass is 10.3. The van der Waals surface area contributed by atoms with Gasteiger partial charge in [-0.05, 0) is 19.9 Å². The molecule has 1 unspecified atom stereocenters. The molecule has 1 heterocycles. The van der Waals surface area contributed by atoms with Gasteiger partial charge in [-0.2, -0.15) is 0 Å². The first-order chi connectivity index (χ1) is 6.27. The number of hydrogen-bond donors (Lipinski definition) is 1. The minimum absolute atomic E-state index is 0.222. The predicted molar refractivity (Wildman–Crippen MR) is 52.6 cm³/mol. The van der Waals surface area contributed by atoms with Gasteiger partial charge in [0.1, 0.15) is 5.76 Å². The summed E-state index contributed by atoms with van der Waals surface area (Å²) in [5.74, 6) is 1.76. The summed E-state index contributed by atoms with van der Waals surface area (Å²) in [4.78, 5) is 4.21. The van der Waals surface area contributed by atoms with Crippen molar-refractivity contribution < 1.29 is 4.42 Å². The van der Waals surface area contributed by atoms with Crippen molar-refractivity contribution in [3.05, 3.63) is 17.8 Å². The number of hydrogen-bond acceptors (Lipinski definition) is 3. The summed E-state index contributed by atoms with van der Waals surface area (Å²) in [5.41, 5.74) is 0. The van der Waals surface area contributed by atoms with Crippen LogP contribution in [0.5, 0.6) is 0 Å². The smallest absolute Gasteiger partial charge is 0.211 e. The molecule has 0 amide bonds. The van der Waals surface area contributed by atoms with Gasteiger partial charge >= 0.3 is 0 Å². The van der Waals surface area contributed by atoms with Gasteiger partial charge in [0.25, 0.3) is 0 Å². The number of nitrogens with one attached hydrogen (secondary N) is 1. The van der Waals surface area contributed by atoms with Gasteiger partial charge in [0, 0.05) is 6.42 Å². The molecule has 1 aromatic heterocycles. The Morgan fingerprint density at radius 2 is 2.31 bits per heavy atom. The average Bonchev–Trinajstić information content (AvgIpc) is 2.62. The fourth-order valence-electron chi connectivity index (χ4n) is 1.13. The highest BCUT2D eigenvalue weighted by atomic mass is 16.4. The van der Waals surface area contributed by atoms with Crippen LogP contribution < -0.4 is 5.32 Å². The van der Waals surface area contributed by atoms with E-state index in [9.17, 15) is 0 Å². The molecule has 1 atom stereocenters. The molecule has 0 radical (unpaired) electrons. The van der Waals surface area contributed by atoms with Crippen LogP contribution in [0.15, 0.2) is 10.6 Å². The van der Waals surface area contributed by atoms with Crippen LogP contribution in [0, 0.1) is 0 Å². The highest BCUT2D eigenvalue weighted by molar-refractivity contribution is 4.96. The van der Waals surface area contributed by atoms with E-state index in [1.54, 1.807) is 6.20 Å². The average molecular weight is 182 g/mol. The Bertz CT molecular complexity index is 245. The SMILES string of the molecule is CCCNC(C)c1ncc(CC)o1. The van der Waals surface area contributed by atoms with E-state index in [0.717, 1.165) is 31.0 Å². The van der Waals surface area contributed by atoms with Gasteiger partial charge in [-0.15, -0.1) is 0 Å². The van der Waals surface area contributed by atoms with Gasteiger partial charge in [0.15, 0.2) is 0 Å². The highest BCUT2D eigenvalue weighted by Gasteiger charge is 2.09. The van der Waals surface area contributed by atoms with Crippen LogP contribution >= 0.6 is 0 Å². The lowest BCUT2D eigenvalue weighted by molar-refractivity contribution is 0.397. The van der Waals surface area contributed by atoms with E-state index in [4.69, 9.17) is 4.42 Å². The van der Waals surface area contributed by atoms with Crippen molar-refractivity contribution in [2.75, 3.05) is 6.54 Å². The second-order valence-corrected chi connectivity index (χ2v) is 3.19. The number of rotatable bonds is 5. The zero-order chi connectivity index (χ0) is 9.68. The van der Waals surface area contributed by atoms with Crippen LogP contribution in [0.2, 0.25) is 0 Å². The monoisotopic (exact) mass is 182 g/mol. The zero-order valence-electron chi connectivity index (χ0n) is 8.63. The summed E-state index contributed by atoms with van der Waals surface area (Å²) in [6.07, 6.45) is 3.85. The molecule has 1 N–H and O–H groups in total. The van der Waals surface area contributed by atoms with Gasteiger partial charge in [0.05, 0.1) is 12.2 Å². The molecule has 0 aliphatic carbocycles. The Morgan fingerprint density at radius 3 is 2.85 bits per heavy atom. The molecular weight excluding hydrogens is 164 g/mol. The fourth-order valence-corrected chi connectivity index (χ4v) is 1.13. The number of oxazole rings is 1. The van der Waals surface area contributed by atoms with Crippen molar-refractivity contribution >= 4 is 0 Å². The van der Waals surface area contributed by atoms with E-state index >= 15 is 0 Å². The number of nitrogens with zero attached hydrogens (tertiary/aromatic N) is 1. The summed E-state index contributed by atoms with van der Waals surface area (Å²) >= 11 is 0. The second-order valence-electron chi connectivity index (χ2n) is 3.19. The quantitative estimate of drug-likeness (QED) is 0.759. The molecule has 0 aromatic carbocycles. The lowest BCUT2D eigenvalue weighted by Crippen LogP contribution is -2.19. The van der Waals surface area contributed by atoms with Gasteiger partial charge < -0.3 is 9.73 Å². The van der Waals surface area contributed by atoms with E-state index in [-0.39, 0.29) is 6.04 Å². The third-order valence-electron chi connectivity index (χ3n) is 1.99. The van der Waals surface area contributed by atoms with Crippen LogP contribution in [0.1, 0.15) is 44.9 Å². The standard InChI is InChI=1S/C10H18N2O/c1-4-6-11-8(3)10-12-7-9(5-2)13-10/h7-8,11H,4-6H2,1-3H3. The number of aromatic nitrogens is 1. The normalized spacial score (nSPS) is 13.2. The molecule has 0 spiro atoms. The van der Waals surface area contributed by atoms with Crippen LogP contribution in [-0.2, 0) is 6.42 Å². The Balaban J connectivity index is 2.50. The van der Waals surface area contributed by atoms with Crippen molar-refractivity contribution in [3.8, 4) is 0 Å². The summed E-state index contributed by atoms with van der Waals surface area (Å²) in [5, 5.41) is 3.33. The van der Waals surface area contributed by atoms with Crippen LogP contribution in [-0.4, -0.2) is 11.5 Å². The van der Waals surface area contributed by atoms with Crippen molar-refractivity contribution in [3.63, 3.8) is 0 Å². The first-order valence-corrected chi connectivity index (χ1v) is 4.95. The molecule has 0 fully saturated rings. The molecule has 0 saturated carbocycles. The first-order valence-electron chi connectivity index (χ1n) is 4.95. The molecule has 13 heavy (non-hydrogen) atoms. The minimum atomic E-state index is 0.222. The molecular formula is C10H18N2O. The summed E-state index contributed by atoms with van der Waals surface area (Å²) in [6.45, 7) is 7.28. The predicted octanol–water partition coefficient (Wildman–Crippen LogP) is 2.30. The Hall–Kier alpha value is -0.830. The van der Waals surface area contributed by atoms with Gasteiger partial charge in [-0.1, -0.05) is 13.8 Å². The highest BCUT2D eigenvalue weighted by Crippen LogP contribution is 2.12. The zero-order valence-corrected chi connectivity index (χ0v) is 8.63. The molecule has 0 bridgehead atoms. The largest absolute Gasteiger partial charge is 0.444 e. The van der Waals surface area contributed by atoms with E-state index in [0.29, 0.717) is 0 Å².